The van der Waals surface area contributed by atoms with Crippen molar-refractivity contribution in [2.24, 2.45) is 12.0 Å². The molecule has 0 unspecified atom stereocenters. The van der Waals surface area contributed by atoms with E-state index in [1.54, 1.807) is 10.7 Å². The van der Waals surface area contributed by atoms with Crippen molar-refractivity contribution in [2.45, 2.75) is 26.6 Å². The van der Waals surface area contributed by atoms with Crippen LogP contribution in [0.15, 0.2) is 29.5 Å². The smallest absolute Gasteiger partial charge is 0.194 e. The third-order valence-corrected chi connectivity index (χ3v) is 3.89. The SMILES string of the molecule is CCNC(=NCc1ccc(F)c(CN(C)C)c1)N(C)Cc1ncnn1C.I. The zero-order valence-corrected chi connectivity index (χ0v) is 18.9. The van der Waals surface area contributed by atoms with Crippen LogP contribution in [0.5, 0.6) is 0 Å². The van der Waals surface area contributed by atoms with Gasteiger partial charge in [-0.15, -0.1) is 24.0 Å². The number of nitrogens with one attached hydrogen (secondary N) is 1. The second kappa shape index (κ2) is 11.2. The van der Waals surface area contributed by atoms with Gasteiger partial charge in [0, 0.05) is 32.7 Å². The fraction of sp³-hybridized carbons (Fsp3) is 0.500. The molecule has 0 aliphatic carbocycles. The van der Waals surface area contributed by atoms with E-state index in [2.05, 4.69) is 20.4 Å². The molecule has 2 rings (SSSR count). The van der Waals surface area contributed by atoms with E-state index in [4.69, 9.17) is 0 Å². The Morgan fingerprint density at radius 2 is 2.00 bits per heavy atom. The van der Waals surface area contributed by atoms with E-state index in [0.29, 0.717) is 25.2 Å². The number of guanidine groups is 1. The number of hydrogen-bond acceptors (Lipinski definition) is 4. The molecule has 0 saturated carbocycles. The molecule has 1 aromatic heterocycles. The molecule has 0 bridgehead atoms. The summed E-state index contributed by atoms with van der Waals surface area (Å²) in [5.41, 5.74) is 1.66. The number of hydrogen-bond donors (Lipinski definition) is 1. The highest BCUT2D eigenvalue weighted by Gasteiger charge is 2.10. The first-order chi connectivity index (χ1) is 12.4. The molecule has 0 fully saturated rings. The van der Waals surface area contributed by atoms with Crippen molar-refractivity contribution in [1.29, 1.82) is 0 Å². The summed E-state index contributed by atoms with van der Waals surface area (Å²) in [6, 6.07) is 5.18. The van der Waals surface area contributed by atoms with Crippen LogP contribution in [0.4, 0.5) is 4.39 Å². The monoisotopic (exact) mass is 489 g/mol. The Morgan fingerprint density at radius 3 is 2.59 bits per heavy atom. The topological polar surface area (TPSA) is 61.6 Å². The average molecular weight is 489 g/mol. The molecule has 9 heteroatoms. The molecule has 1 N–H and O–H groups in total. The lowest BCUT2D eigenvalue weighted by atomic mass is 10.1. The molecule has 1 heterocycles. The highest BCUT2D eigenvalue weighted by atomic mass is 127. The molecule has 0 radical (unpaired) electrons. The summed E-state index contributed by atoms with van der Waals surface area (Å²) in [5.74, 6) is 1.44. The van der Waals surface area contributed by atoms with Crippen LogP contribution in [0.25, 0.3) is 0 Å². The summed E-state index contributed by atoms with van der Waals surface area (Å²) in [5, 5.41) is 7.37. The summed E-state index contributed by atoms with van der Waals surface area (Å²) in [7, 11) is 7.67. The van der Waals surface area contributed by atoms with Crippen molar-refractivity contribution in [1.82, 2.24) is 29.9 Å². The minimum Gasteiger partial charge on any atom is -0.357 e. The van der Waals surface area contributed by atoms with Gasteiger partial charge in [0.25, 0.3) is 0 Å². The third-order valence-electron chi connectivity index (χ3n) is 3.89. The van der Waals surface area contributed by atoms with Gasteiger partial charge in [-0.05, 0) is 38.7 Å². The van der Waals surface area contributed by atoms with Gasteiger partial charge in [-0.2, -0.15) is 5.10 Å². The average Bonchev–Trinajstić information content (AvgIpc) is 2.98. The van der Waals surface area contributed by atoms with E-state index < -0.39 is 0 Å². The molecule has 0 aliphatic rings. The van der Waals surface area contributed by atoms with E-state index in [9.17, 15) is 4.39 Å². The second-order valence-electron chi connectivity index (χ2n) is 6.49. The molecule has 2 aromatic rings. The van der Waals surface area contributed by atoms with Crippen LogP contribution in [0, 0.1) is 5.82 Å². The Labute approximate surface area is 177 Å². The minimum atomic E-state index is -0.183. The van der Waals surface area contributed by atoms with Crippen LogP contribution in [-0.2, 0) is 26.7 Å². The van der Waals surface area contributed by atoms with Crippen LogP contribution in [0.3, 0.4) is 0 Å². The molecule has 7 nitrogen and oxygen atoms in total. The first kappa shape index (κ1) is 23.3. The highest BCUT2D eigenvalue weighted by molar-refractivity contribution is 14.0. The zero-order valence-electron chi connectivity index (χ0n) is 16.6. The van der Waals surface area contributed by atoms with Crippen LogP contribution in [0.1, 0.15) is 23.9 Å². The van der Waals surface area contributed by atoms with Gasteiger partial charge >= 0.3 is 0 Å². The second-order valence-corrected chi connectivity index (χ2v) is 6.49. The number of aromatic nitrogens is 3. The minimum absolute atomic E-state index is 0. The molecular formula is C18H29FIN7. The normalized spacial score (nSPS) is 11.4. The fourth-order valence-electron chi connectivity index (χ4n) is 2.57. The number of nitrogens with zero attached hydrogens (tertiary/aromatic N) is 6. The van der Waals surface area contributed by atoms with Crippen LogP contribution in [0.2, 0.25) is 0 Å². The van der Waals surface area contributed by atoms with Gasteiger partial charge in [0.2, 0.25) is 0 Å². The van der Waals surface area contributed by atoms with Gasteiger partial charge in [-0.3, -0.25) is 4.68 Å². The van der Waals surface area contributed by atoms with Crippen molar-refractivity contribution in [3.05, 3.63) is 47.3 Å². The Hall–Kier alpha value is -1.75. The van der Waals surface area contributed by atoms with Gasteiger partial charge in [-0.25, -0.2) is 14.4 Å². The van der Waals surface area contributed by atoms with Gasteiger partial charge in [0.1, 0.15) is 18.0 Å². The molecule has 0 amide bonds. The van der Waals surface area contributed by atoms with Crippen LogP contribution >= 0.6 is 24.0 Å². The maximum absolute atomic E-state index is 13.9. The summed E-state index contributed by atoms with van der Waals surface area (Å²) >= 11 is 0. The molecule has 27 heavy (non-hydrogen) atoms. The Kier molecular flexibility index (Phi) is 9.64. The number of aryl methyl sites for hydroxylation is 1. The predicted octanol–water partition coefficient (Wildman–Crippen LogP) is 2.23. The molecular weight excluding hydrogens is 460 g/mol. The first-order valence-electron chi connectivity index (χ1n) is 8.65. The molecule has 1 aromatic carbocycles. The number of rotatable bonds is 7. The van der Waals surface area contributed by atoms with Crippen molar-refractivity contribution < 1.29 is 4.39 Å². The summed E-state index contributed by atoms with van der Waals surface area (Å²) < 4.78 is 15.7. The fourth-order valence-corrected chi connectivity index (χ4v) is 2.57. The summed E-state index contributed by atoms with van der Waals surface area (Å²) in [6.45, 7) is 4.43. The first-order valence-corrected chi connectivity index (χ1v) is 8.65. The van der Waals surface area contributed by atoms with E-state index in [0.717, 1.165) is 23.9 Å². The maximum atomic E-state index is 13.9. The van der Waals surface area contributed by atoms with Gasteiger partial charge in [0.05, 0.1) is 13.1 Å². The van der Waals surface area contributed by atoms with Crippen molar-refractivity contribution in [2.75, 3.05) is 27.7 Å². The predicted molar refractivity (Wildman–Crippen MR) is 116 cm³/mol. The lowest BCUT2D eigenvalue weighted by Gasteiger charge is -2.21. The van der Waals surface area contributed by atoms with Gasteiger partial charge in [-0.1, -0.05) is 6.07 Å². The van der Waals surface area contributed by atoms with Crippen LogP contribution in [-0.4, -0.2) is 58.2 Å². The summed E-state index contributed by atoms with van der Waals surface area (Å²) in [6.07, 6.45) is 1.54. The Balaban J connectivity index is 0.00000364. The Morgan fingerprint density at radius 1 is 1.26 bits per heavy atom. The lowest BCUT2D eigenvalue weighted by molar-refractivity contribution is 0.392. The third kappa shape index (κ3) is 7.06. The number of halogens is 2. The van der Waals surface area contributed by atoms with Crippen LogP contribution < -0.4 is 5.32 Å². The molecule has 0 aliphatic heterocycles. The summed E-state index contributed by atoms with van der Waals surface area (Å²) in [4.78, 5) is 12.9. The quantitative estimate of drug-likeness (QED) is 0.367. The van der Waals surface area contributed by atoms with E-state index in [1.807, 2.05) is 51.0 Å². The number of aliphatic imine (C=N–C) groups is 1. The molecule has 150 valence electrons. The standard InChI is InChI=1S/C18H28FN7.HI/c1-6-20-18(25(4)12-17-22-13-23-26(17)5)21-10-14-7-8-16(19)15(9-14)11-24(2)3;/h7-9,13H,6,10-12H2,1-5H3,(H,20,21);1H. The van der Waals surface area contributed by atoms with E-state index >= 15 is 0 Å². The Bertz CT molecular complexity index is 745. The van der Waals surface area contributed by atoms with E-state index in [-0.39, 0.29) is 29.8 Å². The zero-order chi connectivity index (χ0) is 19.1. The molecule has 0 spiro atoms. The van der Waals surface area contributed by atoms with Gasteiger partial charge in [0.15, 0.2) is 5.96 Å². The molecule has 0 atom stereocenters. The molecule has 0 saturated heterocycles. The van der Waals surface area contributed by atoms with Gasteiger partial charge < -0.3 is 15.1 Å². The number of benzene rings is 1. The largest absolute Gasteiger partial charge is 0.357 e. The van der Waals surface area contributed by atoms with Crippen molar-refractivity contribution >= 4 is 29.9 Å². The lowest BCUT2D eigenvalue weighted by Crippen LogP contribution is -2.39. The van der Waals surface area contributed by atoms with E-state index in [1.165, 1.54) is 12.4 Å². The van der Waals surface area contributed by atoms with Crippen molar-refractivity contribution in [3.63, 3.8) is 0 Å². The highest BCUT2D eigenvalue weighted by Crippen LogP contribution is 2.13. The maximum Gasteiger partial charge on any atom is 0.194 e. The van der Waals surface area contributed by atoms with Crippen molar-refractivity contribution in [3.8, 4) is 0 Å².